The molecule has 0 radical (unpaired) electrons. The van der Waals surface area contributed by atoms with Crippen LogP contribution in [0.4, 0.5) is 4.79 Å². The van der Waals surface area contributed by atoms with E-state index in [4.69, 9.17) is 9.47 Å². The van der Waals surface area contributed by atoms with E-state index in [0.717, 1.165) is 19.6 Å². The van der Waals surface area contributed by atoms with Crippen LogP contribution in [0.3, 0.4) is 0 Å². The second-order valence-corrected chi connectivity index (χ2v) is 7.17. The summed E-state index contributed by atoms with van der Waals surface area (Å²) in [7, 11) is 0. The van der Waals surface area contributed by atoms with Gasteiger partial charge in [-0.25, -0.2) is 4.79 Å². The van der Waals surface area contributed by atoms with Gasteiger partial charge in [-0.05, 0) is 45.7 Å². The van der Waals surface area contributed by atoms with E-state index in [0.29, 0.717) is 13.2 Å². The quantitative estimate of drug-likeness (QED) is 0.856. The van der Waals surface area contributed by atoms with E-state index in [1.807, 2.05) is 27.7 Å². The van der Waals surface area contributed by atoms with Gasteiger partial charge in [0.1, 0.15) is 5.60 Å². The van der Waals surface area contributed by atoms with Crippen LogP contribution in [0.2, 0.25) is 0 Å². The Kier molecular flexibility index (Phi) is 4.70. The lowest BCUT2D eigenvalue weighted by molar-refractivity contribution is 0.0226. The van der Waals surface area contributed by atoms with E-state index in [9.17, 15) is 4.79 Å². The molecule has 0 spiro atoms. The molecule has 2 heterocycles. The van der Waals surface area contributed by atoms with Gasteiger partial charge in [0.15, 0.2) is 0 Å². The van der Waals surface area contributed by atoms with E-state index in [1.165, 1.54) is 15.3 Å². The van der Waals surface area contributed by atoms with Crippen molar-refractivity contribution < 1.29 is 14.3 Å². The molecule has 0 saturated carbocycles. The lowest BCUT2D eigenvalue weighted by atomic mass is 10.1. The fourth-order valence-corrected chi connectivity index (χ4v) is 3.31. The number of amides is 1. The Morgan fingerprint density at radius 1 is 1.45 bits per heavy atom. The summed E-state index contributed by atoms with van der Waals surface area (Å²) in [5.41, 5.74) is 0.914. The monoisotopic (exact) mass is 297 g/mol. The number of nitrogens with zero attached hydrogens (tertiary/aromatic N) is 1. The molecular weight excluding hydrogens is 274 g/mol. The number of fused-ring (bicyclic) bond motifs is 1. The van der Waals surface area contributed by atoms with Crippen LogP contribution < -0.4 is 0 Å². The molecule has 20 heavy (non-hydrogen) atoms. The van der Waals surface area contributed by atoms with Crippen LogP contribution in [0, 0.1) is 0 Å². The van der Waals surface area contributed by atoms with Gasteiger partial charge in [0, 0.05) is 22.9 Å². The standard InChI is InChI=1S/C15H23NO3S/c1-5-18-10-12-8-11-6-7-16(9-13(11)20-12)14(17)19-15(2,3)4/h8H,5-7,9-10H2,1-4H3. The van der Waals surface area contributed by atoms with Crippen molar-refractivity contribution in [3.8, 4) is 0 Å². The lowest BCUT2D eigenvalue weighted by Crippen LogP contribution is -2.39. The van der Waals surface area contributed by atoms with Gasteiger partial charge in [0.2, 0.25) is 0 Å². The molecule has 5 heteroatoms. The summed E-state index contributed by atoms with van der Waals surface area (Å²) in [6.07, 6.45) is 0.680. The largest absolute Gasteiger partial charge is 0.444 e. The number of hydrogen-bond acceptors (Lipinski definition) is 4. The van der Waals surface area contributed by atoms with Crippen LogP contribution in [0.15, 0.2) is 6.07 Å². The van der Waals surface area contributed by atoms with Gasteiger partial charge in [-0.15, -0.1) is 11.3 Å². The molecule has 0 N–H and O–H groups in total. The minimum Gasteiger partial charge on any atom is -0.444 e. The fraction of sp³-hybridized carbons (Fsp3) is 0.667. The summed E-state index contributed by atoms with van der Waals surface area (Å²) >= 11 is 1.74. The van der Waals surface area contributed by atoms with Gasteiger partial charge >= 0.3 is 6.09 Å². The lowest BCUT2D eigenvalue weighted by Gasteiger charge is -2.29. The van der Waals surface area contributed by atoms with E-state index in [1.54, 1.807) is 16.2 Å². The fourth-order valence-electron chi connectivity index (χ4n) is 2.14. The number of ether oxygens (including phenoxy) is 2. The molecule has 0 bridgehead atoms. The molecule has 112 valence electrons. The van der Waals surface area contributed by atoms with Gasteiger partial charge < -0.3 is 14.4 Å². The van der Waals surface area contributed by atoms with Crippen LogP contribution in [0.1, 0.15) is 43.0 Å². The number of hydrogen-bond donors (Lipinski definition) is 0. The van der Waals surface area contributed by atoms with Crippen molar-refractivity contribution in [3.05, 3.63) is 21.4 Å². The molecule has 0 aromatic carbocycles. The number of rotatable bonds is 3. The molecule has 1 aliphatic rings. The summed E-state index contributed by atoms with van der Waals surface area (Å²) < 4.78 is 10.9. The highest BCUT2D eigenvalue weighted by Gasteiger charge is 2.26. The maximum absolute atomic E-state index is 12.1. The van der Waals surface area contributed by atoms with Gasteiger partial charge in [-0.2, -0.15) is 0 Å². The zero-order valence-corrected chi connectivity index (χ0v) is 13.5. The van der Waals surface area contributed by atoms with Gasteiger partial charge in [-0.3, -0.25) is 0 Å². The third-order valence-electron chi connectivity index (χ3n) is 3.03. The summed E-state index contributed by atoms with van der Waals surface area (Å²) in [6.45, 7) is 10.5. The molecule has 1 amide bonds. The maximum atomic E-state index is 12.1. The zero-order valence-electron chi connectivity index (χ0n) is 12.7. The van der Waals surface area contributed by atoms with Crippen molar-refractivity contribution in [1.82, 2.24) is 4.90 Å². The molecule has 0 saturated heterocycles. The van der Waals surface area contributed by atoms with Crippen molar-refractivity contribution in [1.29, 1.82) is 0 Å². The first-order chi connectivity index (χ1) is 9.39. The average molecular weight is 297 g/mol. The minimum absolute atomic E-state index is 0.220. The van der Waals surface area contributed by atoms with Gasteiger partial charge in [-0.1, -0.05) is 0 Å². The van der Waals surface area contributed by atoms with Crippen molar-refractivity contribution in [2.75, 3.05) is 13.2 Å². The Hall–Kier alpha value is -1.07. The van der Waals surface area contributed by atoms with E-state index in [-0.39, 0.29) is 6.09 Å². The Balaban J connectivity index is 1.99. The Labute approximate surface area is 124 Å². The van der Waals surface area contributed by atoms with Gasteiger partial charge in [0.05, 0.1) is 13.2 Å². The predicted molar refractivity (Wildman–Crippen MR) is 80.0 cm³/mol. The Bertz CT molecular complexity index is 476. The van der Waals surface area contributed by atoms with E-state index >= 15 is 0 Å². The van der Waals surface area contributed by atoms with Crippen molar-refractivity contribution in [2.24, 2.45) is 0 Å². The van der Waals surface area contributed by atoms with Crippen LogP contribution in [0.25, 0.3) is 0 Å². The Morgan fingerprint density at radius 3 is 2.85 bits per heavy atom. The SMILES string of the molecule is CCOCc1cc2c(s1)CN(C(=O)OC(C)(C)C)CC2. The van der Waals surface area contributed by atoms with E-state index in [2.05, 4.69) is 6.07 Å². The predicted octanol–water partition coefficient (Wildman–Crippen LogP) is 3.58. The molecule has 1 aromatic rings. The molecule has 0 fully saturated rings. The van der Waals surface area contributed by atoms with Crippen LogP contribution >= 0.6 is 11.3 Å². The molecular formula is C15H23NO3S. The summed E-state index contributed by atoms with van der Waals surface area (Å²) in [6, 6.07) is 2.21. The highest BCUT2D eigenvalue weighted by Crippen LogP contribution is 2.29. The number of carbonyl (C=O) groups excluding carboxylic acids is 1. The summed E-state index contributed by atoms with van der Waals surface area (Å²) in [5, 5.41) is 0. The highest BCUT2D eigenvalue weighted by molar-refractivity contribution is 7.12. The zero-order chi connectivity index (χ0) is 14.8. The molecule has 1 aliphatic heterocycles. The minimum atomic E-state index is -0.438. The molecule has 2 rings (SSSR count). The summed E-state index contributed by atoms with van der Waals surface area (Å²) in [5.74, 6) is 0. The van der Waals surface area contributed by atoms with Crippen LogP contribution in [0.5, 0.6) is 0 Å². The second kappa shape index (κ2) is 6.14. The number of carbonyl (C=O) groups is 1. The Morgan fingerprint density at radius 2 is 2.20 bits per heavy atom. The average Bonchev–Trinajstić information content (AvgIpc) is 2.75. The van der Waals surface area contributed by atoms with Crippen LogP contribution in [-0.2, 0) is 29.0 Å². The normalized spacial score (nSPS) is 15.1. The van der Waals surface area contributed by atoms with Crippen molar-refractivity contribution in [3.63, 3.8) is 0 Å². The molecule has 4 nitrogen and oxygen atoms in total. The first-order valence-corrected chi connectivity index (χ1v) is 7.87. The third-order valence-corrected chi connectivity index (χ3v) is 4.17. The maximum Gasteiger partial charge on any atom is 0.410 e. The van der Waals surface area contributed by atoms with Crippen LogP contribution in [-0.4, -0.2) is 29.7 Å². The first-order valence-electron chi connectivity index (χ1n) is 7.05. The van der Waals surface area contributed by atoms with Crippen molar-refractivity contribution >= 4 is 17.4 Å². The third kappa shape index (κ3) is 3.96. The van der Waals surface area contributed by atoms with Gasteiger partial charge in [0.25, 0.3) is 0 Å². The molecule has 0 aliphatic carbocycles. The van der Waals surface area contributed by atoms with Crippen molar-refractivity contribution in [2.45, 2.75) is 52.9 Å². The first kappa shape index (κ1) is 15.3. The second-order valence-electron chi connectivity index (χ2n) is 5.95. The van der Waals surface area contributed by atoms with E-state index < -0.39 is 5.60 Å². The molecule has 1 aromatic heterocycles. The smallest absolute Gasteiger partial charge is 0.410 e. The topological polar surface area (TPSA) is 38.8 Å². The number of thiophene rings is 1. The summed E-state index contributed by atoms with van der Waals surface area (Å²) in [4.78, 5) is 16.4. The molecule has 0 unspecified atom stereocenters. The highest BCUT2D eigenvalue weighted by atomic mass is 32.1. The molecule has 0 atom stereocenters.